The number of methoxy groups -OCH3 is 1. The number of nitrogens with zero attached hydrogens (tertiary/aromatic N) is 3. The lowest BCUT2D eigenvalue weighted by molar-refractivity contribution is -0.183. The Balaban J connectivity index is 1.29. The molecule has 1 aliphatic heterocycles. The number of benzene rings is 3. The normalized spacial score (nSPS) is 26.1. The second-order valence-electron chi connectivity index (χ2n) is 17.9. The van der Waals surface area contributed by atoms with Crippen molar-refractivity contribution in [1.29, 1.82) is 0 Å². The smallest absolute Gasteiger partial charge is 0.251 e. The number of carbonyl (C=O) groups excluding carboxylic acids is 2. The molecule has 3 aromatic carbocycles. The Morgan fingerprint density at radius 2 is 1.75 bits per heavy atom. The van der Waals surface area contributed by atoms with E-state index in [1.807, 2.05) is 62.3 Å². The Bertz CT molecular complexity index is 2080. The number of aliphatic hydroxyl groups excluding tert-OH is 2. The van der Waals surface area contributed by atoms with Crippen molar-refractivity contribution < 1.29 is 37.8 Å². The van der Waals surface area contributed by atoms with E-state index < -0.39 is 46.0 Å². The SMILES string of the molecule is COc1c(CN2O[C@@H](CO)[C@@H]([C@H](C)O)[C@H]2C(=O)N[C@@H]2C[C@H]3C[C@@H]([C@@H]2C)C3(C)C)cccc1-c1cc(C(=O)N[C@H](CN(C)C)CS(=O)(=O)c2ccccc2)cc(N(C)C)c1. The predicted molar refractivity (Wildman–Crippen MR) is 229 cm³/mol. The molecule has 2 amide bonds. The Kier molecular flexibility index (Phi) is 13.5. The van der Waals surface area contributed by atoms with Crippen molar-refractivity contribution in [3.8, 4) is 16.9 Å². The van der Waals surface area contributed by atoms with Crippen LogP contribution in [0.1, 0.15) is 56.5 Å². The van der Waals surface area contributed by atoms with Gasteiger partial charge in [-0.05, 0) is 92.9 Å². The van der Waals surface area contributed by atoms with Crippen molar-refractivity contribution in [1.82, 2.24) is 20.6 Å². The summed E-state index contributed by atoms with van der Waals surface area (Å²) in [5, 5.41) is 29.3. The van der Waals surface area contributed by atoms with Gasteiger partial charge in [-0.1, -0.05) is 57.2 Å². The van der Waals surface area contributed by atoms with E-state index in [-0.39, 0.29) is 41.2 Å². The zero-order chi connectivity index (χ0) is 43.0. The molecule has 4 N–H and O–H groups in total. The first-order chi connectivity index (χ1) is 27.9. The molecule has 2 bridgehead atoms. The lowest BCUT2D eigenvalue weighted by Crippen LogP contribution is -2.62. The quantitative estimate of drug-likeness (QED) is 0.164. The van der Waals surface area contributed by atoms with Gasteiger partial charge in [0.2, 0.25) is 5.91 Å². The molecule has 322 valence electrons. The molecule has 3 aromatic rings. The van der Waals surface area contributed by atoms with Gasteiger partial charge in [0.05, 0.1) is 43.1 Å². The van der Waals surface area contributed by atoms with Crippen molar-refractivity contribution in [2.75, 3.05) is 59.1 Å². The van der Waals surface area contributed by atoms with Gasteiger partial charge in [-0.15, -0.1) is 0 Å². The number of fused-ring (bicyclic) bond motifs is 2. The summed E-state index contributed by atoms with van der Waals surface area (Å²) in [6.45, 7) is 8.52. The largest absolute Gasteiger partial charge is 0.496 e. The Morgan fingerprint density at radius 3 is 2.34 bits per heavy atom. The Morgan fingerprint density at radius 1 is 1.03 bits per heavy atom. The van der Waals surface area contributed by atoms with Crippen LogP contribution in [0.3, 0.4) is 0 Å². The number of nitrogens with one attached hydrogen (secondary N) is 2. The van der Waals surface area contributed by atoms with Crippen LogP contribution in [0, 0.1) is 29.1 Å². The van der Waals surface area contributed by atoms with Crippen LogP contribution in [-0.2, 0) is 26.0 Å². The lowest BCUT2D eigenvalue weighted by Gasteiger charge is -2.62. The third-order valence-corrected chi connectivity index (χ3v) is 15.0. The number of hydrogen-bond acceptors (Lipinski definition) is 11. The fourth-order valence-electron chi connectivity index (χ4n) is 9.82. The lowest BCUT2D eigenvalue weighted by atomic mass is 9.45. The average molecular weight is 834 g/mol. The number of carbonyl (C=O) groups is 2. The monoisotopic (exact) mass is 833 g/mol. The number of aliphatic hydroxyl groups is 2. The van der Waals surface area contributed by atoms with Crippen LogP contribution in [-0.4, -0.2) is 125 Å². The Hall–Kier alpha value is -4.05. The summed E-state index contributed by atoms with van der Waals surface area (Å²) < 4.78 is 32.8. The average Bonchev–Trinajstić information content (AvgIpc) is 3.56. The molecule has 1 saturated heterocycles. The molecule has 3 saturated carbocycles. The van der Waals surface area contributed by atoms with Crippen molar-refractivity contribution in [3.05, 3.63) is 77.9 Å². The van der Waals surface area contributed by atoms with Gasteiger partial charge in [0.15, 0.2) is 9.84 Å². The number of para-hydroxylation sites is 1. The first kappa shape index (κ1) is 44.5. The predicted octanol–water partition coefficient (Wildman–Crippen LogP) is 4.22. The number of hydrogen-bond donors (Lipinski definition) is 4. The summed E-state index contributed by atoms with van der Waals surface area (Å²) in [5.41, 5.74) is 3.39. The molecule has 3 aliphatic carbocycles. The Labute approximate surface area is 349 Å². The molecular formula is C45H63N5O8S. The fourth-order valence-corrected chi connectivity index (χ4v) is 11.3. The van der Waals surface area contributed by atoms with Crippen molar-refractivity contribution in [2.24, 2.45) is 29.1 Å². The highest BCUT2D eigenvalue weighted by Crippen LogP contribution is 2.61. The van der Waals surface area contributed by atoms with E-state index >= 15 is 0 Å². The molecule has 0 unspecified atom stereocenters. The highest BCUT2D eigenvalue weighted by molar-refractivity contribution is 7.91. The highest BCUT2D eigenvalue weighted by Gasteiger charge is 2.57. The highest BCUT2D eigenvalue weighted by atomic mass is 32.2. The van der Waals surface area contributed by atoms with Crippen LogP contribution in [0.25, 0.3) is 11.1 Å². The molecule has 59 heavy (non-hydrogen) atoms. The maximum Gasteiger partial charge on any atom is 0.251 e. The van der Waals surface area contributed by atoms with Crippen molar-refractivity contribution in [2.45, 2.75) is 82.3 Å². The second kappa shape index (κ2) is 17.9. The van der Waals surface area contributed by atoms with E-state index in [2.05, 4.69) is 31.4 Å². The van der Waals surface area contributed by atoms with Gasteiger partial charge in [0, 0.05) is 55.0 Å². The van der Waals surface area contributed by atoms with Crippen LogP contribution in [0.4, 0.5) is 5.69 Å². The third kappa shape index (κ3) is 9.33. The molecule has 0 radical (unpaired) electrons. The van der Waals surface area contributed by atoms with E-state index in [9.17, 15) is 28.2 Å². The summed E-state index contributed by atoms with van der Waals surface area (Å²) in [6.07, 6.45) is 0.342. The van der Waals surface area contributed by atoms with Gasteiger partial charge in [-0.25, -0.2) is 8.42 Å². The van der Waals surface area contributed by atoms with Crippen LogP contribution in [0.2, 0.25) is 0 Å². The number of likely N-dealkylation sites (N-methyl/N-ethyl adjacent to an activating group) is 1. The van der Waals surface area contributed by atoms with Crippen LogP contribution in [0.15, 0.2) is 71.6 Å². The van der Waals surface area contributed by atoms with Gasteiger partial charge in [0.1, 0.15) is 17.9 Å². The zero-order valence-electron chi connectivity index (χ0n) is 35.9. The van der Waals surface area contributed by atoms with E-state index in [1.165, 1.54) is 6.42 Å². The molecule has 9 atom stereocenters. The van der Waals surface area contributed by atoms with Crippen LogP contribution < -0.4 is 20.3 Å². The minimum Gasteiger partial charge on any atom is -0.496 e. The number of ether oxygens (including phenoxy) is 1. The number of sulfone groups is 1. The second-order valence-corrected chi connectivity index (χ2v) is 20.0. The molecule has 7 rings (SSSR count). The minimum atomic E-state index is -3.70. The van der Waals surface area contributed by atoms with Gasteiger partial charge in [0.25, 0.3) is 5.91 Å². The molecule has 4 fully saturated rings. The molecule has 1 heterocycles. The van der Waals surface area contributed by atoms with Gasteiger partial charge in [-0.3, -0.25) is 14.4 Å². The van der Waals surface area contributed by atoms with Gasteiger partial charge >= 0.3 is 0 Å². The molecular weight excluding hydrogens is 771 g/mol. The van der Waals surface area contributed by atoms with Crippen LogP contribution >= 0.6 is 0 Å². The van der Waals surface area contributed by atoms with E-state index in [0.717, 1.165) is 12.1 Å². The summed E-state index contributed by atoms with van der Waals surface area (Å²) in [7, 11) is 5.27. The summed E-state index contributed by atoms with van der Waals surface area (Å²) in [4.78, 5) is 38.6. The van der Waals surface area contributed by atoms with Crippen molar-refractivity contribution >= 4 is 27.3 Å². The van der Waals surface area contributed by atoms with Crippen LogP contribution in [0.5, 0.6) is 5.75 Å². The molecule has 0 aromatic heterocycles. The van der Waals surface area contributed by atoms with E-state index in [0.29, 0.717) is 52.3 Å². The zero-order valence-corrected chi connectivity index (χ0v) is 36.7. The van der Waals surface area contributed by atoms with E-state index in [4.69, 9.17) is 9.57 Å². The first-order valence-electron chi connectivity index (χ1n) is 20.6. The van der Waals surface area contributed by atoms with E-state index in [1.54, 1.807) is 61.6 Å². The summed E-state index contributed by atoms with van der Waals surface area (Å²) in [6, 6.07) is 17.7. The number of rotatable bonds is 16. The van der Waals surface area contributed by atoms with Gasteiger partial charge < -0.3 is 35.4 Å². The minimum absolute atomic E-state index is 0.00334. The summed E-state index contributed by atoms with van der Waals surface area (Å²) >= 11 is 0. The number of amides is 2. The number of anilines is 1. The molecule has 13 nitrogen and oxygen atoms in total. The van der Waals surface area contributed by atoms with Gasteiger partial charge in [-0.2, -0.15) is 5.06 Å². The fraction of sp³-hybridized carbons (Fsp3) is 0.556. The molecule has 0 spiro atoms. The third-order valence-electron chi connectivity index (χ3n) is 13.1. The number of hydroxylamine groups is 2. The molecule has 4 aliphatic rings. The first-order valence-corrected chi connectivity index (χ1v) is 22.3. The van der Waals surface area contributed by atoms with Crippen molar-refractivity contribution in [3.63, 3.8) is 0 Å². The molecule has 14 heteroatoms. The maximum absolute atomic E-state index is 14.3. The topological polar surface area (TPSA) is 161 Å². The summed E-state index contributed by atoms with van der Waals surface area (Å²) in [5.74, 6) is 0.250. The maximum atomic E-state index is 14.3. The standard InChI is InChI=1S/C45H63N5O8S/c1-27-37-21-32(45(37,3)4)22-38(27)47-44(54)41-40(28(2)52)39(25-51)58-50(41)23-29-14-13-17-36(42(29)57-9)30-18-31(20-34(19-30)49(7)8)43(53)46-33(24-48(5)6)26-59(55,56)35-15-11-10-12-16-35/h10-20,27-28,32-33,37-41,51-52H,21-26H2,1-9H3,(H,46,53)(H,47,54)/t27-,28-,32+,33+,37-,38+,39-,40+,41-/m0/s1.